The normalized spacial score (nSPS) is 15.7. The second kappa shape index (κ2) is 6.55. The topological polar surface area (TPSA) is 83.7 Å². The molecule has 0 bridgehead atoms. The third kappa shape index (κ3) is 3.61. The molecule has 116 valence electrons. The molecule has 0 saturated carbocycles. The summed E-state index contributed by atoms with van der Waals surface area (Å²) in [6.07, 6.45) is 1.98. The first-order valence-electron chi connectivity index (χ1n) is 6.98. The summed E-state index contributed by atoms with van der Waals surface area (Å²) in [6.45, 7) is 1.68. The van der Waals surface area contributed by atoms with Crippen LogP contribution in [0, 0.1) is 0 Å². The van der Waals surface area contributed by atoms with Crippen LogP contribution in [0.3, 0.4) is 0 Å². The third-order valence-electron chi connectivity index (χ3n) is 3.68. The minimum Gasteiger partial charge on any atom is -0.342 e. The van der Waals surface area contributed by atoms with Crippen LogP contribution in [-0.4, -0.2) is 50.2 Å². The van der Waals surface area contributed by atoms with Gasteiger partial charge in [-0.25, -0.2) is 8.42 Å². The van der Waals surface area contributed by atoms with E-state index in [1.807, 2.05) is 0 Å². The number of likely N-dealkylation sites (N-methyl/N-ethyl adjacent to an activating group) is 1. The van der Waals surface area contributed by atoms with Gasteiger partial charge in [0.1, 0.15) is 0 Å². The van der Waals surface area contributed by atoms with Crippen molar-refractivity contribution < 1.29 is 13.2 Å². The number of hydrogen-bond donors (Lipinski definition) is 1. The molecule has 0 unspecified atom stereocenters. The van der Waals surface area contributed by atoms with Crippen LogP contribution in [0.2, 0.25) is 0 Å². The Hall–Kier alpha value is -1.44. The number of nitrogens with zero attached hydrogens (tertiary/aromatic N) is 2. The van der Waals surface area contributed by atoms with Gasteiger partial charge in [-0.3, -0.25) is 4.79 Å². The smallest absolute Gasteiger partial charge is 0.243 e. The Morgan fingerprint density at radius 2 is 1.81 bits per heavy atom. The van der Waals surface area contributed by atoms with Crippen LogP contribution in [0.15, 0.2) is 29.2 Å². The van der Waals surface area contributed by atoms with Gasteiger partial charge in [-0.05, 0) is 30.5 Å². The van der Waals surface area contributed by atoms with Gasteiger partial charge < -0.3 is 10.6 Å². The number of hydrogen-bond acceptors (Lipinski definition) is 4. The Kier molecular flexibility index (Phi) is 4.97. The molecule has 1 aliphatic heterocycles. The van der Waals surface area contributed by atoms with Gasteiger partial charge in [-0.2, -0.15) is 4.31 Å². The van der Waals surface area contributed by atoms with Gasteiger partial charge in [0.2, 0.25) is 15.9 Å². The van der Waals surface area contributed by atoms with Crippen molar-refractivity contribution in [2.45, 2.75) is 24.3 Å². The van der Waals surface area contributed by atoms with Crippen LogP contribution < -0.4 is 5.73 Å². The van der Waals surface area contributed by atoms with Crippen molar-refractivity contribution in [3.63, 3.8) is 0 Å². The fourth-order valence-corrected chi connectivity index (χ4v) is 3.44. The molecule has 1 heterocycles. The number of likely N-dealkylation sites (tertiary alicyclic amines) is 1. The van der Waals surface area contributed by atoms with E-state index in [2.05, 4.69) is 0 Å². The summed E-state index contributed by atoms with van der Waals surface area (Å²) < 4.78 is 25.9. The van der Waals surface area contributed by atoms with Gasteiger partial charge in [0.05, 0.1) is 11.4 Å². The van der Waals surface area contributed by atoms with Gasteiger partial charge in [0.25, 0.3) is 0 Å². The average molecular weight is 311 g/mol. The number of carbonyl (C=O) groups is 1. The number of carbonyl (C=O) groups excluding carboxylic acids is 1. The molecule has 0 spiro atoms. The Morgan fingerprint density at radius 1 is 1.24 bits per heavy atom. The van der Waals surface area contributed by atoms with E-state index in [9.17, 15) is 13.2 Å². The summed E-state index contributed by atoms with van der Waals surface area (Å²) in [4.78, 5) is 13.9. The number of rotatable bonds is 5. The molecular formula is C14H21N3O3S. The molecule has 2 rings (SSSR count). The molecule has 0 aliphatic carbocycles. The Labute approximate surface area is 125 Å². The lowest BCUT2D eigenvalue weighted by molar-refractivity contribution is -0.130. The van der Waals surface area contributed by atoms with E-state index < -0.39 is 10.0 Å². The van der Waals surface area contributed by atoms with Gasteiger partial charge in [0.15, 0.2) is 0 Å². The average Bonchev–Trinajstić information content (AvgIpc) is 3.01. The molecule has 1 aromatic carbocycles. The highest BCUT2D eigenvalue weighted by molar-refractivity contribution is 7.89. The SMILES string of the molecule is CN(CC(=O)N1CCCC1)S(=O)(=O)c1ccc(CN)cc1. The van der Waals surface area contributed by atoms with Crippen molar-refractivity contribution in [3.8, 4) is 0 Å². The molecule has 1 aliphatic rings. The molecule has 1 amide bonds. The molecule has 0 radical (unpaired) electrons. The minimum absolute atomic E-state index is 0.124. The number of amides is 1. The zero-order valence-corrected chi connectivity index (χ0v) is 13.0. The van der Waals surface area contributed by atoms with Crippen molar-refractivity contribution in [2.75, 3.05) is 26.7 Å². The fraction of sp³-hybridized carbons (Fsp3) is 0.500. The monoisotopic (exact) mass is 311 g/mol. The molecule has 1 aromatic rings. The predicted molar refractivity (Wildman–Crippen MR) is 80.0 cm³/mol. The van der Waals surface area contributed by atoms with Crippen LogP contribution >= 0.6 is 0 Å². The van der Waals surface area contributed by atoms with Crippen molar-refractivity contribution in [1.82, 2.24) is 9.21 Å². The molecule has 1 fully saturated rings. The molecule has 6 nitrogen and oxygen atoms in total. The summed E-state index contributed by atoms with van der Waals surface area (Å²) >= 11 is 0. The maximum Gasteiger partial charge on any atom is 0.243 e. The molecule has 1 saturated heterocycles. The second-order valence-electron chi connectivity index (χ2n) is 5.20. The first kappa shape index (κ1) is 15.9. The predicted octanol–water partition coefficient (Wildman–Crippen LogP) is 0.388. The fourth-order valence-electron chi connectivity index (χ4n) is 2.32. The molecule has 21 heavy (non-hydrogen) atoms. The number of benzene rings is 1. The highest BCUT2D eigenvalue weighted by Gasteiger charge is 2.26. The van der Waals surface area contributed by atoms with Crippen LogP contribution in [0.5, 0.6) is 0 Å². The van der Waals surface area contributed by atoms with E-state index in [0.717, 1.165) is 35.8 Å². The Balaban J connectivity index is 2.08. The van der Waals surface area contributed by atoms with E-state index in [1.54, 1.807) is 17.0 Å². The Morgan fingerprint density at radius 3 is 2.33 bits per heavy atom. The van der Waals surface area contributed by atoms with Crippen molar-refractivity contribution in [2.24, 2.45) is 5.73 Å². The molecule has 7 heteroatoms. The molecule has 0 aromatic heterocycles. The minimum atomic E-state index is -3.64. The van der Waals surface area contributed by atoms with Gasteiger partial charge in [0, 0.05) is 26.7 Å². The summed E-state index contributed by atoms with van der Waals surface area (Å²) in [5.41, 5.74) is 6.36. The van der Waals surface area contributed by atoms with Crippen LogP contribution in [0.25, 0.3) is 0 Å². The van der Waals surface area contributed by atoms with Gasteiger partial charge >= 0.3 is 0 Å². The lowest BCUT2D eigenvalue weighted by Crippen LogP contribution is -2.39. The number of nitrogens with two attached hydrogens (primary N) is 1. The standard InChI is InChI=1S/C14H21N3O3S/c1-16(11-14(18)17-8-2-3-9-17)21(19,20)13-6-4-12(10-15)5-7-13/h4-7H,2-3,8-11,15H2,1H3. The zero-order chi connectivity index (χ0) is 15.5. The lowest BCUT2D eigenvalue weighted by atomic mass is 10.2. The van der Waals surface area contributed by atoms with Crippen LogP contribution in [0.4, 0.5) is 0 Å². The third-order valence-corrected chi connectivity index (χ3v) is 5.50. The first-order chi connectivity index (χ1) is 9.95. The zero-order valence-electron chi connectivity index (χ0n) is 12.2. The van der Waals surface area contributed by atoms with E-state index in [1.165, 1.54) is 19.2 Å². The van der Waals surface area contributed by atoms with Gasteiger partial charge in [-0.15, -0.1) is 0 Å². The quantitative estimate of drug-likeness (QED) is 0.852. The van der Waals surface area contributed by atoms with Gasteiger partial charge in [-0.1, -0.05) is 12.1 Å². The summed E-state index contributed by atoms with van der Waals surface area (Å²) in [7, 11) is -2.21. The van der Waals surface area contributed by atoms with Crippen molar-refractivity contribution in [3.05, 3.63) is 29.8 Å². The maximum atomic E-state index is 12.4. The molecule has 0 atom stereocenters. The van der Waals surface area contributed by atoms with Crippen LogP contribution in [0.1, 0.15) is 18.4 Å². The largest absolute Gasteiger partial charge is 0.342 e. The first-order valence-corrected chi connectivity index (χ1v) is 8.42. The highest BCUT2D eigenvalue weighted by Crippen LogP contribution is 2.16. The van der Waals surface area contributed by atoms with Crippen molar-refractivity contribution in [1.29, 1.82) is 0 Å². The molecule has 2 N–H and O–H groups in total. The second-order valence-corrected chi connectivity index (χ2v) is 7.24. The maximum absolute atomic E-state index is 12.4. The van der Waals surface area contributed by atoms with Crippen molar-refractivity contribution >= 4 is 15.9 Å². The summed E-state index contributed by atoms with van der Waals surface area (Å²) in [6, 6.07) is 6.41. The highest BCUT2D eigenvalue weighted by atomic mass is 32.2. The summed E-state index contributed by atoms with van der Waals surface area (Å²) in [5.74, 6) is -0.142. The van der Waals surface area contributed by atoms with E-state index in [4.69, 9.17) is 5.73 Å². The van der Waals surface area contributed by atoms with E-state index in [0.29, 0.717) is 6.54 Å². The Bertz CT molecular complexity index is 592. The molecular weight excluding hydrogens is 290 g/mol. The number of sulfonamides is 1. The van der Waals surface area contributed by atoms with E-state index >= 15 is 0 Å². The van der Waals surface area contributed by atoms with E-state index in [-0.39, 0.29) is 17.3 Å². The van der Waals surface area contributed by atoms with Crippen LogP contribution in [-0.2, 0) is 21.4 Å². The lowest BCUT2D eigenvalue weighted by Gasteiger charge is -2.21. The summed E-state index contributed by atoms with van der Waals surface area (Å²) in [5, 5.41) is 0.